The minimum Gasteiger partial charge on any atom is -0.444 e. The summed E-state index contributed by atoms with van der Waals surface area (Å²) in [6.07, 6.45) is 4.21. The Balaban J connectivity index is 1.13. The number of carbonyl (C=O) groups is 2. The third-order valence-electron chi connectivity index (χ3n) is 9.26. The van der Waals surface area contributed by atoms with E-state index in [4.69, 9.17) is 4.74 Å². The summed E-state index contributed by atoms with van der Waals surface area (Å²) in [7, 11) is 0. The van der Waals surface area contributed by atoms with E-state index >= 15 is 0 Å². The molecular formula is C36H43N5O5. The summed E-state index contributed by atoms with van der Waals surface area (Å²) in [4.78, 5) is 48.5. The van der Waals surface area contributed by atoms with Crippen LogP contribution in [0.1, 0.15) is 57.1 Å². The van der Waals surface area contributed by atoms with Crippen molar-refractivity contribution in [2.24, 2.45) is 5.92 Å². The normalized spacial score (nSPS) is 20.1. The first-order valence-corrected chi connectivity index (χ1v) is 16.1. The number of likely N-dealkylation sites (tertiary alicyclic amines) is 2. The van der Waals surface area contributed by atoms with E-state index in [1.807, 2.05) is 98.0 Å². The van der Waals surface area contributed by atoms with Gasteiger partial charge in [0.25, 0.3) is 5.56 Å². The van der Waals surface area contributed by atoms with Gasteiger partial charge in [-0.1, -0.05) is 48.0 Å². The summed E-state index contributed by atoms with van der Waals surface area (Å²) in [5.74, 6) is -0.420. The molecule has 0 spiro atoms. The summed E-state index contributed by atoms with van der Waals surface area (Å²) < 4.78 is 9.01. The summed E-state index contributed by atoms with van der Waals surface area (Å²) >= 11 is 0. The largest absolute Gasteiger partial charge is 0.444 e. The molecule has 2 atom stereocenters. The fourth-order valence-corrected chi connectivity index (χ4v) is 6.71. The zero-order valence-corrected chi connectivity index (χ0v) is 27.1. The lowest BCUT2D eigenvalue weighted by molar-refractivity contribution is -0.142. The highest BCUT2D eigenvalue weighted by atomic mass is 16.6. The Labute approximate surface area is 269 Å². The third kappa shape index (κ3) is 6.58. The van der Waals surface area contributed by atoms with Gasteiger partial charge in [-0.25, -0.2) is 9.78 Å². The van der Waals surface area contributed by atoms with Crippen LogP contribution in [-0.2, 0) is 16.1 Å². The second-order valence-electron chi connectivity index (χ2n) is 13.8. The smallest absolute Gasteiger partial charge is 0.410 e. The molecule has 0 aliphatic carbocycles. The topological polar surface area (TPSA) is 110 Å². The average molecular weight is 626 g/mol. The van der Waals surface area contributed by atoms with E-state index in [9.17, 15) is 19.5 Å². The molecule has 0 radical (unpaired) electrons. The molecule has 2 saturated heterocycles. The number of aliphatic hydroxyl groups is 1. The summed E-state index contributed by atoms with van der Waals surface area (Å²) in [5, 5.41) is 12.1. The maximum Gasteiger partial charge on any atom is 0.410 e. The second kappa shape index (κ2) is 12.4. The summed E-state index contributed by atoms with van der Waals surface area (Å²) in [6.45, 7) is 9.29. The number of aromatic nitrogens is 3. The first-order valence-electron chi connectivity index (χ1n) is 16.1. The number of amides is 2. The van der Waals surface area contributed by atoms with Crippen LogP contribution < -0.4 is 5.56 Å². The highest BCUT2D eigenvalue weighted by Gasteiger charge is 2.42. The lowest BCUT2D eigenvalue weighted by Crippen LogP contribution is -2.53. The van der Waals surface area contributed by atoms with E-state index in [0.717, 1.165) is 16.8 Å². The van der Waals surface area contributed by atoms with Crippen molar-refractivity contribution in [3.05, 3.63) is 94.7 Å². The molecule has 2 fully saturated rings. The van der Waals surface area contributed by atoms with Crippen LogP contribution in [-0.4, -0.2) is 78.4 Å². The van der Waals surface area contributed by atoms with Crippen molar-refractivity contribution in [3.63, 3.8) is 0 Å². The minimum atomic E-state index is -1.14. The first-order chi connectivity index (χ1) is 21.9. The van der Waals surface area contributed by atoms with Crippen molar-refractivity contribution in [1.82, 2.24) is 23.9 Å². The van der Waals surface area contributed by atoms with Crippen LogP contribution in [0.3, 0.4) is 0 Å². The Kier molecular flexibility index (Phi) is 8.50. The van der Waals surface area contributed by atoms with Crippen molar-refractivity contribution in [2.75, 3.05) is 26.2 Å². The molecule has 0 unspecified atom stereocenters. The van der Waals surface area contributed by atoms with Crippen LogP contribution in [0.5, 0.6) is 0 Å². The number of piperidine rings is 2. The van der Waals surface area contributed by atoms with Crippen molar-refractivity contribution < 1.29 is 19.4 Å². The summed E-state index contributed by atoms with van der Waals surface area (Å²) in [6, 6.07) is 19.7. The number of ether oxygens (including phenoxy) is 1. The molecule has 4 heterocycles. The van der Waals surface area contributed by atoms with E-state index in [-0.39, 0.29) is 35.9 Å². The molecule has 0 saturated carbocycles. The van der Waals surface area contributed by atoms with E-state index in [1.165, 1.54) is 10.9 Å². The van der Waals surface area contributed by atoms with Crippen molar-refractivity contribution in [1.29, 1.82) is 0 Å². The molecule has 4 aromatic rings. The quantitative estimate of drug-likeness (QED) is 0.338. The van der Waals surface area contributed by atoms with Crippen LogP contribution in [0.2, 0.25) is 0 Å². The highest BCUT2D eigenvalue weighted by Crippen LogP contribution is 2.36. The standard InChI is InChI=1S/C36H43N5O5/c1-25-10-12-27(13-11-25)41-19-15-29-31(41)37-24-40(33(29)43)23-36(45)16-20-38(21-17-36)32(42)28-14-18-39(34(44)46-35(2,3)4)22-30(28)26-8-6-5-7-9-26/h5-13,15,19,24,28,30,45H,14,16-18,20-23H2,1-4H3/t28-,30+/m1/s1. The molecular weight excluding hydrogens is 582 g/mol. The van der Waals surface area contributed by atoms with Gasteiger partial charge in [-0.3, -0.25) is 14.2 Å². The Hall–Kier alpha value is -4.44. The Bertz CT molecular complexity index is 1760. The van der Waals surface area contributed by atoms with Gasteiger partial charge in [0, 0.05) is 49.9 Å². The Morgan fingerprint density at radius 1 is 0.978 bits per heavy atom. The Morgan fingerprint density at radius 2 is 1.67 bits per heavy atom. The van der Waals surface area contributed by atoms with Crippen LogP contribution in [0.15, 0.2) is 78.0 Å². The van der Waals surface area contributed by atoms with Gasteiger partial charge in [-0.15, -0.1) is 0 Å². The lowest BCUT2D eigenvalue weighted by atomic mass is 9.79. The molecule has 1 N–H and O–H groups in total. The number of hydrogen-bond donors (Lipinski definition) is 1. The molecule has 46 heavy (non-hydrogen) atoms. The SMILES string of the molecule is Cc1ccc(-n2ccc3c(=O)n(CC4(O)CCN(C(=O)[C@@H]5CCN(C(=O)OC(C)(C)C)C[C@H]5c5ccccc5)CC4)cnc32)cc1. The van der Waals surface area contributed by atoms with Gasteiger partial charge in [0.15, 0.2) is 5.65 Å². The third-order valence-corrected chi connectivity index (χ3v) is 9.26. The minimum absolute atomic E-state index is 0.0393. The average Bonchev–Trinajstić information content (AvgIpc) is 3.47. The van der Waals surface area contributed by atoms with Gasteiger partial charge in [0.2, 0.25) is 5.91 Å². The second-order valence-corrected chi connectivity index (χ2v) is 13.8. The molecule has 10 nitrogen and oxygen atoms in total. The van der Waals surface area contributed by atoms with Crippen molar-refractivity contribution in [3.8, 4) is 5.69 Å². The number of carbonyl (C=O) groups excluding carboxylic acids is 2. The number of hydrogen-bond acceptors (Lipinski definition) is 6. The molecule has 2 aliphatic rings. The van der Waals surface area contributed by atoms with Crippen LogP contribution in [0.4, 0.5) is 4.79 Å². The monoisotopic (exact) mass is 625 g/mol. The van der Waals surface area contributed by atoms with E-state index < -0.39 is 11.2 Å². The van der Waals surface area contributed by atoms with Gasteiger partial charge < -0.3 is 24.2 Å². The number of nitrogens with zero attached hydrogens (tertiary/aromatic N) is 5. The van der Waals surface area contributed by atoms with Gasteiger partial charge >= 0.3 is 6.09 Å². The number of benzene rings is 2. The fourth-order valence-electron chi connectivity index (χ4n) is 6.71. The van der Waals surface area contributed by atoms with Crippen molar-refractivity contribution in [2.45, 2.75) is 70.6 Å². The van der Waals surface area contributed by atoms with Gasteiger partial charge in [-0.2, -0.15) is 0 Å². The maximum atomic E-state index is 14.0. The van der Waals surface area contributed by atoms with Gasteiger partial charge in [-0.05, 0) is 70.7 Å². The molecule has 0 bridgehead atoms. The van der Waals surface area contributed by atoms with Crippen LogP contribution in [0, 0.1) is 12.8 Å². The molecule has 2 aromatic carbocycles. The molecule has 10 heteroatoms. The molecule has 242 valence electrons. The van der Waals surface area contributed by atoms with Gasteiger partial charge in [0.1, 0.15) is 11.9 Å². The maximum absolute atomic E-state index is 14.0. The Morgan fingerprint density at radius 3 is 2.35 bits per heavy atom. The molecule has 2 aliphatic heterocycles. The van der Waals surface area contributed by atoms with E-state index in [0.29, 0.717) is 56.5 Å². The summed E-state index contributed by atoms with van der Waals surface area (Å²) in [5.41, 5.74) is 1.71. The van der Waals surface area contributed by atoms with E-state index in [1.54, 1.807) is 11.0 Å². The molecule has 6 rings (SSSR count). The highest BCUT2D eigenvalue weighted by molar-refractivity contribution is 5.81. The van der Waals surface area contributed by atoms with Gasteiger partial charge in [0.05, 0.1) is 17.5 Å². The molecule has 2 amide bonds. The van der Waals surface area contributed by atoms with Crippen LogP contribution >= 0.6 is 0 Å². The predicted molar refractivity (Wildman–Crippen MR) is 176 cm³/mol. The van der Waals surface area contributed by atoms with Crippen LogP contribution in [0.25, 0.3) is 16.7 Å². The van der Waals surface area contributed by atoms with Crippen molar-refractivity contribution >= 4 is 23.0 Å². The predicted octanol–water partition coefficient (Wildman–Crippen LogP) is 4.89. The number of fused-ring (bicyclic) bond motifs is 1. The number of aryl methyl sites for hydroxylation is 1. The lowest BCUT2D eigenvalue weighted by Gasteiger charge is -2.43. The zero-order chi connectivity index (χ0) is 32.6. The number of rotatable bonds is 5. The zero-order valence-electron chi connectivity index (χ0n) is 27.1. The first kappa shape index (κ1) is 31.5. The fraction of sp³-hybridized carbons (Fsp3) is 0.444. The molecule has 2 aromatic heterocycles. The van der Waals surface area contributed by atoms with E-state index in [2.05, 4.69) is 4.98 Å².